The van der Waals surface area contributed by atoms with Gasteiger partial charge in [0, 0.05) is 19.8 Å². The molecule has 1 aromatic heterocycles. The minimum Gasteiger partial charge on any atom is -0.431 e. The smallest absolute Gasteiger partial charge is 0.257 e. The van der Waals surface area contributed by atoms with Crippen molar-refractivity contribution in [3.05, 3.63) is 53.6 Å². The number of thioether (sulfide) groups is 1. The van der Waals surface area contributed by atoms with E-state index in [2.05, 4.69) is 24.0 Å². The van der Waals surface area contributed by atoms with Crippen LogP contribution in [0.3, 0.4) is 0 Å². The third-order valence-electron chi connectivity index (χ3n) is 3.73. The van der Waals surface area contributed by atoms with E-state index in [9.17, 15) is 8.42 Å². The summed E-state index contributed by atoms with van der Waals surface area (Å²) in [7, 11) is -0.464. The van der Waals surface area contributed by atoms with Crippen molar-refractivity contribution >= 4 is 32.9 Å². The van der Waals surface area contributed by atoms with Gasteiger partial charge in [0.05, 0.1) is 4.90 Å². The first-order valence-corrected chi connectivity index (χ1v) is 9.81. The van der Waals surface area contributed by atoms with Gasteiger partial charge >= 0.3 is 0 Å². The number of rotatable bonds is 5. The molecule has 0 spiro atoms. The maximum atomic E-state index is 12.2. The number of aryl methyl sites for hydroxylation is 1. The zero-order valence-electron chi connectivity index (χ0n) is 13.7. The van der Waals surface area contributed by atoms with Gasteiger partial charge in [0.25, 0.3) is 5.22 Å². The second-order valence-corrected chi connectivity index (χ2v) is 8.69. The largest absolute Gasteiger partial charge is 0.431 e. The summed E-state index contributed by atoms with van der Waals surface area (Å²) >= 11 is 1.50. The fraction of sp³-hybridized carbons (Fsp3) is 0.235. The van der Waals surface area contributed by atoms with Crippen LogP contribution in [-0.2, 0) is 15.8 Å². The number of sulfonamides is 1. The molecule has 126 valence electrons. The van der Waals surface area contributed by atoms with Crippen LogP contribution < -0.4 is 0 Å². The maximum absolute atomic E-state index is 12.2. The fourth-order valence-electron chi connectivity index (χ4n) is 2.23. The second-order valence-electron chi connectivity index (χ2n) is 5.61. The Kier molecular flexibility index (Phi) is 4.67. The molecule has 0 aliphatic carbocycles. The van der Waals surface area contributed by atoms with Crippen LogP contribution in [-0.4, -0.2) is 31.8 Å². The van der Waals surface area contributed by atoms with Gasteiger partial charge in [-0.3, -0.25) is 0 Å². The highest BCUT2D eigenvalue weighted by Gasteiger charge is 2.19. The Bertz CT molecular complexity index is 978. The number of hydrogen-bond donors (Lipinski definition) is 0. The Morgan fingerprint density at radius 2 is 1.92 bits per heavy atom. The Morgan fingerprint density at radius 1 is 1.17 bits per heavy atom. The van der Waals surface area contributed by atoms with E-state index in [1.807, 2.05) is 12.1 Å². The average Bonchev–Trinajstić information content (AvgIpc) is 2.95. The van der Waals surface area contributed by atoms with E-state index in [0.29, 0.717) is 16.3 Å². The first-order valence-electron chi connectivity index (χ1n) is 7.38. The molecule has 1 heterocycles. The van der Waals surface area contributed by atoms with E-state index in [1.165, 1.54) is 41.3 Å². The zero-order chi connectivity index (χ0) is 17.3. The number of hydrogen-bond acceptors (Lipinski definition) is 5. The van der Waals surface area contributed by atoms with Crippen LogP contribution >= 0.6 is 11.8 Å². The highest BCUT2D eigenvalue weighted by Crippen LogP contribution is 2.28. The summed E-state index contributed by atoms with van der Waals surface area (Å²) in [6.07, 6.45) is 0. The highest BCUT2D eigenvalue weighted by atomic mass is 32.2. The van der Waals surface area contributed by atoms with Gasteiger partial charge in [-0.1, -0.05) is 36.0 Å². The standard InChI is InChI=1S/C17H18N2O3S2/c1-12-6-4-5-7-13(12)11-23-17-18-15-10-14(8-9-16(15)22-17)24(20,21)19(2)3/h4-10H,11H2,1-3H3. The summed E-state index contributed by atoms with van der Waals surface area (Å²) < 4.78 is 31.3. The minimum absolute atomic E-state index is 0.212. The molecule has 24 heavy (non-hydrogen) atoms. The summed E-state index contributed by atoms with van der Waals surface area (Å²) in [6.45, 7) is 2.07. The van der Waals surface area contributed by atoms with E-state index in [1.54, 1.807) is 18.2 Å². The molecule has 2 aromatic carbocycles. The molecule has 7 heteroatoms. The lowest BCUT2D eigenvalue weighted by atomic mass is 10.1. The third-order valence-corrected chi connectivity index (χ3v) is 6.42. The van der Waals surface area contributed by atoms with Gasteiger partial charge in [-0.25, -0.2) is 17.7 Å². The van der Waals surface area contributed by atoms with Crippen molar-refractivity contribution in [3.63, 3.8) is 0 Å². The zero-order valence-corrected chi connectivity index (χ0v) is 15.3. The van der Waals surface area contributed by atoms with Gasteiger partial charge in [-0.2, -0.15) is 0 Å². The number of oxazole rings is 1. The van der Waals surface area contributed by atoms with E-state index in [0.717, 1.165) is 5.75 Å². The quantitative estimate of drug-likeness (QED) is 0.648. The highest BCUT2D eigenvalue weighted by molar-refractivity contribution is 7.98. The van der Waals surface area contributed by atoms with Gasteiger partial charge in [0.1, 0.15) is 5.52 Å². The van der Waals surface area contributed by atoms with Crippen molar-refractivity contribution < 1.29 is 12.8 Å². The molecule has 0 radical (unpaired) electrons. The lowest BCUT2D eigenvalue weighted by molar-refractivity contribution is 0.489. The normalized spacial score (nSPS) is 12.2. The van der Waals surface area contributed by atoms with Gasteiger partial charge in [0.2, 0.25) is 10.0 Å². The summed E-state index contributed by atoms with van der Waals surface area (Å²) in [5.41, 5.74) is 3.58. The van der Waals surface area contributed by atoms with E-state index in [-0.39, 0.29) is 4.90 Å². The Balaban J connectivity index is 1.85. The van der Waals surface area contributed by atoms with Crippen molar-refractivity contribution in [1.29, 1.82) is 0 Å². The van der Waals surface area contributed by atoms with Crippen LogP contribution in [0.1, 0.15) is 11.1 Å². The second kappa shape index (κ2) is 6.58. The topological polar surface area (TPSA) is 63.4 Å². The number of benzene rings is 2. The Labute approximate surface area is 145 Å². The first-order chi connectivity index (χ1) is 11.4. The lowest BCUT2D eigenvalue weighted by Gasteiger charge is -2.10. The molecule has 5 nitrogen and oxygen atoms in total. The molecule has 0 N–H and O–H groups in total. The average molecular weight is 362 g/mol. The monoisotopic (exact) mass is 362 g/mol. The predicted molar refractivity (Wildman–Crippen MR) is 95.6 cm³/mol. The van der Waals surface area contributed by atoms with Gasteiger partial charge in [-0.05, 0) is 36.2 Å². The molecule has 0 amide bonds. The van der Waals surface area contributed by atoms with Crippen molar-refractivity contribution in [1.82, 2.24) is 9.29 Å². The Morgan fingerprint density at radius 3 is 2.62 bits per heavy atom. The van der Waals surface area contributed by atoms with Gasteiger partial charge < -0.3 is 4.42 Å². The SMILES string of the molecule is Cc1ccccc1CSc1nc2cc(S(=O)(=O)N(C)C)ccc2o1. The molecule has 0 aliphatic heterocycles. The Hall–Kier alpha value is -1.83. The summed E-state index contributed by atoms with van der Waals surface area (Å²) in [4.78, 5) is 4.62. The first kappa shape index (κ1) is 17.0. The molecule has 0 aliphatic rings. The van der Waals surface area contributed by atoms with Crippen molar-refractivity contribution in [2.45, 2.75) is 22.8 Å². The van der Waals surface area contributed by atoms with Crippen molar-refractivity contribution in [2.24, 2.45) is 0 Å². The summed E-state index contributed by atoms with van der Waals surface area (Å²) in [5.74, 6) is 0.752. The molecule has 0 saturated heterocycles. The molecule has 0 atom stereocenters. The molecule has 0 unspecified atom stereocenters. The van der Waals surface area contributed by atoms with Crippen LogP contribution in [0.5, 0.6) is 0 Å². The number of fused-ring (bicyclic) bond motifs is 1. The maximum Gasteiger partial charge on any atom is 0.257 e. The van der Waals surface area contributed by atoms with E-state index < -0.39 is 10.0 Å². The van der Waals surface area contributed by atoms with E-state index >= 15 is 0 Å². The molecule has 3 rings (SSSR count). The molecule has 0 saturated carbocycles. The van der Waals surface area contributed by atoms with Crippen LogP contribution in [0, 0.1) is 6.92 Å². The van der Waals surface area contributed by atoms with Gasteiger partial charge in [0.15, 0.2) is 5.58 Å². The fourth-order valence-corrected chi connectivity index (χ4v) is 4.07. The van der Waals surface area contributed by atoms with Crippen LogP contribution in [0.15, 0.2) is 57.0 Å². The molecule has 0 fully saturated rings. The van der Waals surface area contributed by atoms with Crippen molar-refractivity contribution in [3.8, 4) is 0 Å². The summed E-state index contributed by atoms with van der Waals surface area (Å²) in [5, 5.41) is 0.535. The van der Waals surface area contributed by atoms with Crippen molar-refractivity contribution in [2.75, 3.05) is 14.1 Å². The summed E-state index contributed by atoms with van der Waals surface area (Å²) in [6, 6.07) is 12.9. The van der Waals surface area contributed by atoms with Crippen LogP contribution in [0.2, 0.25) is 0 Å². The third kappa shape index (κ3) is 3.33. The predicted octanol–water partition coefficient (Wildman–Crippen LogP) is 3.68. The number of nitrogens with zero attached hydrogens (tertiary/aromatic N) is 2. The van der Waals surface area contributed by atoms with Crippen LogP contribution in [0.25, 0.3) is 11.1 Å². The minimum atomic E-state index is -3.48. The molecular weight excluding hydrogens is 344 g/mol. The molecule has 3 aromatic rings. The lowest BCUT2D eigenvalue weighted by Crippen LogP contribution is -2.22. The number of aromatic nitrogens is 1. The van der Waals surface area contributed by atoms with E-state index in [4.69, 9.17) is 4.42 Å². The van der Waals surface area contributed by atoms with Gasteiger partial charge in [-0.15, -0.1) is 0 Å². The molecular formula is C17H18N2O3S2. The molecule has 0 bridgehead atoms. The van der Waals surface area contributed by atoms with Crippen LogP contribution in [0.4, 0.5) is 0 Å².